The summed E-state index contributed by atoms with van der Waals surface area (Å²) in [5, 5.41) is 3.88. The van der Waals surface area contributed by atoms with Gasteiger partial charge in [0, 0.05) is 34.4 Å². The molecule has 1 heterocycles. The van der Waals surface area contributed by atoms with Crippen LogP contribution >= 0.6 is 23.2 Å². The van der Waals surface area contributed by atoms with E-state index in [1.165, 1.54) is 12.3 Å². The Kier molecular flexibility index (Phi) is 4.82. The Morgan fingerprint density at radius 2 is 2.00 bits per heavy atom. The minimum atomic E-state index is -0.307. The predicted molar refractivity (Wildman–Crippen MR) is 79.6 cm³/mol. The lowest BCUT2D eigenvalue weighted by atomic mass is 10.1. The van der Waals surface area contributed by atoms with Crippen LogP contribution in [0.2, 0.25) is 10.0 Å². The number of halogens is 2. The van der Waals surface area contributed by atoms with Crippen LogP contribution < -0.4 is 10.9 Å². The van der Waals surface area contributed by atoms with Crippen LogP contribution in [0.25, 0.3) is 0 Å². The van der Waals surface area contributed by atoms with Crippen LogP contribution in [-0.4, -0.2) is 17.4 Å². The van der Waals surface area contributed by atoms with Gasteiger partial charge in [-0.15, -0.1) is 0 Å². The maximum absolute atomic E-state index is 11.8. The first-order chi connectivity index (χ1) is 9.56. The number of amides is 1. The fraction of sp³-hybridized carbons (Fsp3) is 0.143. The van der Waals surface area contributed by atoms with Crippen molar-refractivity contribution in [2.45, 2.75) is 6.42 Å². The summed E-state index contributed by atoms with van der Waals surface area (Å²) in [6, 6.07) is 8.04. The molecule has 0 radical (unpaired) electrons. The molecule has 1 amide bonds. The number of pyridine rings is 1. The van der Waals surface area contributed by atoms with Gasteiger partial charge in [-0.1, -0.05) is 29.3 Å². The molecule has 0 aliphatic carbocycles. The molecule has 0 atom stereocenters. The van der Waals surface area contributed by atoms with Gasteiger partial charge in [0.05, 0.1) is 0 Å². The minimum Gasteiger partial charge on any atom is -0.352 e. The van der Waals surface area contributed by atoms with Crippen LogP contribution in [-0.2, 0) is 6.42 Å². The quantitative estimate of drug-likeness (QED) is 0.912. The molecule has 2 N–H and O–H groups in total. The predicted octanol–water partition coefficient (Wildman–Crippen LogP) is 2.65. The summed E-state index contributed by atoms with van der Waals surface area (Å²) in [4.78, 5) is 25.4. The van der Waals surface area contributed by atoms with E-state index in [0.717, 1.165) is 5.56 Å². The average Bonchev–Trinajstić information content (AvgIpc) is 2.41. The van der Waals surface area contributed by atoms with Gasteiger partial charge in [-0.3, -0.25) is 9.59 Å². The van der Waals surface area contributed by atoms with Gasteiger partial charge in [0.15, 0.2) is 0 Å². The van der Waals surface area contributed by atoms with Crippen molar-refractivity contribution in [3.63, 3.8) is 0 Å². The van der Waals surface area contributed by atoms with Crippen molar-refractivity contribution >= 4 is 29.1 Å². The molecule has 1 aromatic carbocycles. The average molecular weight is 311 g/mol. The SMILES string of the molecule is O=C(NCCc1ccc(Cl)cc1Cl)c1cc[nH]c(=O)c1. The molecule has 4 nitrogen and oxygen atoms in total. The number of aromatic amines is 1. The second-order valence-corrected chi connectivity index (χ2v) is 5.03. The summed E-state index contributed by atoms with van der Waals surface area (Å²) in [7, 11) is 0. The van der Waals surface area contributed by atoms with Gasteiger partial charge in [-0.2, -0.15) is 0 Å². The smallest absolute Gasteiger partial charge is 0.251 e. The van der Waals surface area contributed by atoms with Crippen LogP contribution in [0.15, 0.2) is 41.3 Å². The van der Waals surface area contributed by atoms with Gasteiger partial charge in [-0.25, -0.2) is 0 Å². The van der Waals surface area contributed by atoms with E-state index >= 15 is 0 Å². The molecule has 1 aromatic heterocycles. The second-order valence-electron chi connectivity index (χ2n) is 4.18. The van der Waals surface area contributed by atoms with Crippen molar-refractivity contribution in [2.75, 3.05) is 6.54 Å². The van der Waals surface area contributed by atoms with Crippen LogP contribution in [0.1, 0.15) is 15.9 Å². The van der Waals surface area contributed by atoms with Gasteiger partial charge < -0.3 is 10.3 Å². The highest BCUT2D eigenvalue weighted by Gasteiger charge is 2.06. The third kappa shape index (κ3) is 3.85. The van der Waals surface area contributed by atoms with Crippen molar-refractivity contribution in [1.29, 1.82) is 0 Å². The van der Waals surface area contributed by atoms with Gasteiger partial charge in [-0.05, 0) is 30.2 Å². The molecular formula is C14H12Cl2N2O2. The number of nitrogens with one attached hydrogen (secondary N) is 2. The van der Waals surface area contributed by atoms with Gasteiger partial charge >= 0.3 is 0 Å². The molecule has 2 aromatic rings. The Morgan fingerprint density at radius 1 is 1.20 bits per heavy atom. The molecule has 104 valence electrons. The second kappa shape index (κ2) is 6.59. The van der Waals surface area contributed by atoms with E-state index in [-0.39, 0.29) is 11.5 Å². The van der Waals surface area contributed by atoms with E-state index < -0.39 is 0 Å². The summed E-state index contributed by atoms with van der Waals surface area (Å²) in [5.74, 6) is -0.291. The maximum atomic E-state index is 11.8. The van der Waals surface area contributed by atoms with Crippen molar-refractivity contribution in [2.24, 2.45) is 0 Å². The molecule has 0 aliphatic heterocycles. The molecule has 0 unspecified atom stereocenters. The number of hydrogen-bond donors (Lipinski definition) is 2. The van der Waals surface area contributed by atoms with Gasteiger partial charge in [0.1, 0.15) is 0 Å². The number of benzene rings is 1. The third-order valence-corrected chi connectivity index (χ3v) is 3.32. The van der Waals surface area contributed by atoms with Crippen molar-refractivity contribution in [3.8, 4) is 0 Å². The molecule has 0 fully saturated rings. The Morgan fingerprint density at radius 3 is 2.70 bits per heavy atom. The summed E-state index contributed by atoms with van der Waals surface area (Å²) in [5.41, 5.74) is 0.927. The number of carbonyl (C=O) groups is 1. The first kappa shape index (κ1) is 14.6. The molecule has 20 heavy (non-hydrogen) atoms. The summed E-state index contributed by atoms with van der Waals surface area (Å²) < 4.78 is 0. The topological polar surface area (TPSA) is 62.0 Å². The maximum Gasteiger partial charge on any atom is 0.251 e. The number of aromatic nitrogens is 1. The Labute approximate surface area is 125 Å². The normalized spacial score (nSPS) is 10.3. The lowest BCUT2D eigenvalue weighted by molar-refractivity contribution is 0.0954. The van der Waals surface area contributed by atoms with Crippen LogP contribution in [0.5, 0.6) is 0 Å². The Bertz CT molecular complexity index is 683. The molecule has 0 spiro atoms. The lowest BCUT2D eigenvalue weighted by Crippen LogP contribution is -2.26. The van der Waals surface area contributed by atoms with E-state index in [0.29, 0.717) is 28.6 Å². The van der Waals surface area contributed by atoms with Crippen molar-refractivity contribution < 1.29 is 4.79 Å². The third-order valence-electron chi connectivity index (χ3n) is 2.73. The monoisotopic (exact) mass is 310 g/mol. The van der Waals surface area contributed by atoms with Crippen molar-refractivity contribution in [3.05, 3.63) is 68.1 Å². The molecule has 6 heteroatoms. The number of rotatable bonds is 4. The highest BCUT2D eigenvalue weighted by atomic mass is 35.5. The van der Waals surface area contributed by atoms with E-state index in [1.807, 2.05) is 6.07 Å². The van der Waals surface area contributed by atoms with E-state index in [9.17, 15) is 9.59 Å². The zero-order chi connectivity index (χ0) is 14.5. The van der Waals surface area contributed by atoms with Crippen molar-refractivity contribution in [1.82, 2.24) is 10.3 Å². The summed E-state index contributed by atoms with van der Waals surface area (Å²) in [6.07, 6.45) is 2.03. The fourth-order valence-corrected chi connectivity index (χ4v) is 2.23. The van der Waals surface area contributed by atoms with E-state index in [2.05, 4.69) is 10.3 Å². The fourth-order valence-electron chi connectivity index (χ4n) is 1.72. The largest absolute Gasteiger partial charge is 0.352 e. The highest BCUT2D eigenvalue weighted by molar-refractivity contribution is 6.35. The molecule has 0 bridgehead atoms. The number of carbonyl (C=O) groups excluding carboxylic acids is 1. The standard InChI is InChI=1S/C14H12Cl2N2O2/c15-11-2-1-9(12(16)8-11)3-6-18-14(20)10-4-5-17-13(19)7-10/h1-2,4-5,7-8H,3,6H2,(H,17,19)(H,18,20). The summed E-state index contributed by atoms with van der Waals surface area (Å²) in [6.45, 7) is 0.424. The summed E-state index contributed by atoms with van der Waals surface area (Å²) >= 11 is 11.8. The molecular weight excluding hydrogens is 299 g/mol. The van der Waals surface area contributed by atoms with Crippen LogP contribution in [0, 0.1) is 0 Å². The molecule has 0 saturated heterocycles. The zero-order valence-electron chi connectivity index (χ0n) is 10.5. The zero-order valence-corrected chi connectivity index (χ0v) is 12.0. The Hall–Kier alpha value is -1.78. The molecule has 2 rings (SSSR count). The van der Waals surface area contributed by atoms with Gasteiger partial charge in [0.25, 0.3) is 5.91 Å². The number of hydrogen-bond acceptors (Lipinski definition) is 2. The van der Waals surface area contributed by atoms with Crippen LogP contribution in [0.3, 0.4) is 0 Å². The van der Waals surface area contributed by atoms with Gasteiger partial charge in [0.2, 0.25) is 5.56 Å². The number of H-pyrrole nitrogens is 1. The highest BCUT2D eigenvalue weighted by Crippen LogP contribution is 2.21. The van der Waals surface area contributed by atoms with Crippen LogP contribution in [0.4, 0.5) is 0 Å². The van der Waals surface area contributed by atoms with E-state index in [1.54, 1.807) is 18.2 Å². The lowest BCUT2D eigenvalue weighted by Gasteiger charge is -2.07. The first-order valence-corrected chi connectivity index (χ1v) is 6.73. The molecule has 0 saturated carbocycles. The first-order valence-electron chi connectivity index (χ1n) is 5.97. The Balaban J connectivity index is 1.93. The molecule has 0 aliphatic rings. The minimum absolute atomic E-state index is 0.291. The van der Waals surface area contributed by atoms with E-state index in [4.69, 9.17) is 23.2 Å².